The van der Waals surface area contributed by atoms with Gasteiger partial charge in [0.1, 0.15) is 22.5 Å². The van der Waals surface area contributed by atoms with E-state index < -0.39 is 0 Å². The fraction of sp³-hybridized carbons (Fsp3) is 0.211. The van der Waals surface area contributed by atoms with Gasteiger partial charge in [0.2, 0.25) is 0 Å². The van der Waals surface area contributed by atoms with Crippen LogP contribution in [-0.4, -0.2) is 32.7 Å². The number of phenolic OH excluding ortho intramolecular Hbond substituents is 1. The summed E-state index contributed by atoms with van der Waals surface area (Å²) in [5, 5.41) is 16.9. The number of imidazole rings is 1. The second kappa shape index (κ2) is 6.64. The van der Waals surface area contributed by atoms with E-state index in [-0.39, 0.29) is 11.7 Å². The third kappa shape index (κ3) is 3.05. The molecule has 3 heterocycles. The molecule has 3 aromatic heterocycles. The molecule has 0 spiro atoms. The molecule has 0 aliphatic heterocycles. The van der Waals surface area contributed by atoms with Crippen LogP contribution in [0, 0.1) is 13.8 Å². The molecule has 0 bridgehead atoms. The summed E-state index contributed by atoms with van der Waals surface area (Å²) in [7, 11) is 0. The van der Waals surface area contributed by atoms with Crippen molar-refractivity contribution in [3.63, 3.8) is 0 Å². The number of nitrogens with zero attached hydrogens (tertiary/aromatic N) is 2. The number of H-pyrrole nitrogens is 1. The van der Waals surface area contributed by atoms with Gasteiger partial charge in [-0.3, -0.25) is 4.79 Å². The van der Waals surface area contributed by atoms with Crippen molar-refractivity contribution in [1.29, 1.82) is 0 Å². The van der Waals surface area contributed by atoms with Gasteiger partial charge in [-0.25, -0.2) is 4.98 Å². The summed E-state index contributed by atoms with van der Waals surface area (Å²) in [5.41, 5.74) is 2.96. The molecule has 0 aliphatic rings. The first-order valence-electron chi connectivity index (χ1n) is 8.50. The molecule has 138 valence electrons. The Hall–Kier alpha value is -3.55. The Bertz CT molecular complexity index is 1090. The highest BCUT2D eigenvalue weighted by Gasteiger charge is 2.18. The van der Waals surface area contributed by atoms with E-state index in [1.54, 1.807) is 18.2 Å². The lowest BCUT2D eigenvalue weighted by atomic mass is 10.1. The van der Waals surface area contributed by atoms with Crippen LogP contribution in [0.2, 0.25) is 0 Å². The number of aryl methyl sites for hydroxylation is 2. The first-order chi connectivity index (χ1) is 13.0. The first kappa shape index (κ1) is 16.9. The lowest BCUT2D eigenvalue weighted by molar-refractivity contribution is 0.0955. The summed E-state index contributed by atoms with van der Waals surface area (Å²) in [6, 6.07) is 6.51. The van der Waals surface area contributed by atoms with Gasteiger partial charge in [0, 0.05) is 12.1 Å². The number of fused-ring (bicyclic) bond motifs is 1. The number of benzene rings is 1. The van der Waals surface area contributed by atoms with Crippen molar-refractivity contribution in [1.82, 2.24) is 20.4 Å². The van der Waals surface area contributed by atoms with Gasteiger partial charge in [0.25, 0.3) is 5.91 Å². The molecule has 0 saturated heterocycles. The fourth-order valence-electron chi connectivity index (χ4n) is 3.05. The molecule has 0 radical (unpaired) electrons. The highest BCUT2D eigenvalue weighted by molar-refractivity contribution is 6.06. The lowest BCUT2D eigenvalue weighted by Crippen LogP contribution is -2.26. The maximum absolute atomic E-state index is 12.7. The average Bonchev–Trinajstić information content (AvgIpc) is 3.37. The number of amides is 1. The maximum atomic E-state index is 12.7. The van der Waals surface area contributed by atoms with E-state index in [9.17, 15) is 9.90 Å². The Morgan fingerprint density at radius 2 is 2.15 bits per heavy atom. The number of carbonyl (C=O) groups excluding carboxylic acids is 1. The number of aromatic nitrogens is 3. The average molecular weight is 366 g/mol. The summed E-state index contributed by atoms with van der Waals surface area (Å²) in [5.74, 6) is 1.47. The van der Waals surface area contributed by atoms with Gasteiger partial charge in [-0.05, 0) is 44.5 Å². The van der Waals surface area contributed by atoms with Crippen LogP contribution in [0.3, 0.4) is 0 Å². The fourth-order valence-corrected chi connectivity index (χ4v) is 3.05. The molecule has 1 aromatic carbocycles. The van der Waals surface area contributed by atoms with Crippen molar-refractivity contribution >= 4 is 16.9 Å². The van der Waals surface area contributed by atoms with Crippen LogP contribution in [0.5, 0.6) is 5.75 Å². The monoisotopic (exact) mass is 366 g/mol. The molecule has 0 atom stereocenters. The molecule has 1 amide bonds. The van der Waals surface area contributed by atoms with Gasteiger partial charge in [-0.1, -0.05) is 5.16 Å². The molecule has 8 nitrogen and oxygen atoms in total. The largest absolute Gasteiger partial charge is 0.506 e. The van der Waals surface area contributed by atoms with Gasteiger partial charge < -0.3 is 24.3 Å². The van der Waals surface area contributed by atoms with E-state index in [1.165, 1.54) is 12.3 Å². The normalized spacial score (nSPS) is 11.2. The standard InChI is InChI=1S/C19H18N4O4/c1-10-12(11(2)27-23-10)7-8-20-19(25)13-5-6-14(24)17-16(13)21-18(22-17)15-4-3-9-26-15/h3-6,9,24H,7-8H2,1-2H3,(H,20,25)(H,21,22). The smallest absolute Gasteiger partial charge is 0.253 e. The Morgan fingerprint density at radius 1 is 1.30 bits per heavy atom. The van der Waals surface area contributed by atoms with E-state index in [1.807, 2.05) is 13.8 Å². The Labute approximate surface area is 154 Å². The number of rotatable bonds is 5. The number of nitrogens with one attached hydrogen (secondary N) is 2. The molecule has 27 heavy (non-hydrogen) atoms. The second-order valence-electron chi connectivity index (χ2n) is 6.23. The van der Waals surface area contributed by atoms with Crippen LogP contribution in [0.25, 0.3) is 22.6 Å². The number of aromatic hydroxyl groups is 1. The number of hydrogen-bond acceptors (Lipinski definition) is 6. The van der Waals surface area contributed by atoms with Gasteiger partial charge in [-0.2, -0.15) is 0 Å². The minimum Gasteiger partial charge on any atom is -0.506 e. The molecular weight excluding hydrogens is 348 g/mol. The zero-order valence-corrected chi connectivity index (χ0v) is 14.9. The van der Waals surface area contributed by atoms with E-state index in [0.29, 0.717) is 41.1 Å². The molecular formula is C19H18N4O4. The molecule has 4 rings (SSSR count). The van der Waals surface area contributed by atoms with E-state index >= 15 is 0 Å². The van der Waals surface area contributed by atoms with Crippen LogP contribution in [-0.2, 0) is 6.42 Å². The van der Waals surface area contributed by atoms with Crippen molar-refractivity contribution in [2.75, 3.05) is 6.54 Å². The summed E-state index contributed by atoms with van der Waals surface area (Å²) in [6.07, 6.45) is 2.15. The van der Waals surface area contributed by atoms with Crippen molar-refractivity contribution in [2.24, 2.45) is 0 Å². The highest BCUT2D eigenvalue weighted by atomic mass is 16.5. The SMILES string of the molecule is Cc1noc(C)c1CCNC(=O)c1ccc(O)c2[nH]c(-c3ccco3)nc12. The van der Waals surface area contributed by atoms with E-state index in [2.05, 4.69) is 20.4 Å². The molecule has 3 N–H and O–H groups in total. The number of furan rings is 1. The summed E-state index contributed by atoms with van der Waals surface area (Å²) < 4.78 is 10.5. The molecule has 8 heteroatoms. The predicted octanol–water partition coefficient (Wildman–Crippen LogP) is 3.11. The Balaban J connectivity index is 1.57. The Kier molecular flexibility index (Phi) is 4.15. The van der Waals surface area contributed by atoms with Gasteiger partial charge in [0.15, 0.2) is 11.6 Å². The molecule has 0 unspecified atom stereocenters. The highest BCUT2D eigenvalue weighted by Crippen LogP contribution is 2.29. The minimum absolute atomic E-state index is 0.0163. The molecule has 0 aliphatic carbocycles. The number of carbonyl (C=O) groups is 1. The quantitative estimate of drug-likeness (QED) is 0.500. The molecule has 0 saturated carbocycles. The lowest BCUT2D eigenvalue weighted by Gasteiger charge is -2.06. The van der Waals surface area contributed by atoms with Gasteiger partial charge in [-0.15, -0.1) is 0 Å². The van der Waals surface area contributed by atoms with E-state index in [4.69, 9.17) is 8.94 Å². The third-order valence-electron chi connectivity index (χ3n) is 4.46. The minimum atomic E-state index is -0.274. The summed E-state index contributed by atoms with van der Waals surface area (Å²) in [6.45, 7) is 4.15. The predicted molar refractivity (Wildman–Crippen MR) is 97.5 cm³/mol. The van der Waals surface area contributed by atoms with Gasteiger partial charge in [0.05, 0.1) is 17.5 Å². The first-order valence-corrected chi connectivity index (χ1v) is 8.50. The van der Waals surface area contributed by atoms with Crippen molar-refractivity contribution < 1.29 is 18.8 Å². The maximum Gasteiger partial charge on any atom is 0.253 e. The number of hydrogen-bond donors (Lipinski definition) is 3. The number of phenols is 1. The second-order valence-corrected chi connectivity index (χ2v) is 6.23. The van der Waals surface area contributed by atoms with E-state index in [0.717, 1.165) is 17.0 Å². The summed E-state index contributed by atoms with van der Waals surface area (Å²) in [4.78, 5) is 20.1. The van der Waals surface area contributed by atoms with Crippen LogP contribution >= 0.6 is 0 Å². The topological polar surface area (TPSA) is 117 Å². The van der Waals surface area contributed by atoms with Crippen molar-refractivity contribution in [2.45, 2.75) is 20.3 Å². The van der Waals surface area contributed by atoms with Crippen molar-refractivity contribution in [3.8, 4) is 17.3 Å². The van der Waals surface area contributed by atoms with Crippen LogP contribution in [0.1, 0.15) is 27.4 Å². The third-order valence-corrected chi connectivity index (χ3v) is 4.46. The zero-order chi connectivity index (χ0) is 19.0. The molecule has 4 aromatic rings. The van der Waals surface area contributed by atoms with Crippen LogP contribution < -0.4 is 5.32 Å². The van der Waals surface area contributed by atoms with Crippen molar-refractivity contribution in [3.05, 3.63) is 53.1 Å². The van der Waals surface area contributed by atoms with Crippen LogP contribution in [0.15, 0.2) is 39.5 Å². The Morgan fingerprint density at radius 3 is 2.85 bits per heavy atom. The summed E-state index contributed by atoms with van der Waals surface area (Å²) >= 11 is 0. The van der Waals surface area contributed by atoms with Crippen LogP contribution in [0.4, 0.5) is 0 Å². The zero-order valence-electron chi connectivity index (χ0n) is 14.9. The van der Waals surface area contributed by atoms with Gasteiger partial charge >= 0.3 is 0 Å². The molecule has 0 fully saturated rings. The number of aromatic amines is 1.